The van der Waals surface area contributed by atoms with Crippen molar-refractivity contribution in [1.82, 2.24) is 5.32 Å². The zero-order chi connectivity index (χ0) is 15.1. The number of alkyl halides is 3. The first-order chi connectivity index (χ1) is 9.91. The number of carbonyl (C=O) groups excluding carboxylic acids is 1. The summed E-state index contributed by atoms with van der Waals surface area (Å²) in [5.74, 6) is -0.0811. The van der Waals surface area contributed by atoms with Gasteiger partial charge >= 0.3 is 6.18 Å². The molecule has 2 aliphatic heterocycles. The third-order valence-corrected chi connectivity index (χ3v) is 3.66. The molecular formula is C14H12F3N3O. The van der Waals surface area contributed by atoms with Crippen molar-refractivity contribution in [2.75, 3.05) is 6.54 Å². The number of amides is 1. The SMILES string of the molecule is O=C1NC(c2cccc(C(F)(F)F)c2)=NC12CC=NCC2. The molecule has 0 saturated carbocycles. The molecule has 0 aliphatic carbocycles. The number of carbonyl (C=O) groups is 1. The maximum atomic E-state index is 12.7. The first-order valence-electron chi connectivity index (χ1n) is 6.48. The fourth-order valence-electron chi connectivity index (χ4n) is 2.46. The predicted octanol–water partition coefficient (Wildman–Crippen LogP) is 2.19. The Morgan fingerprint density at radius 3 is 2.76 bits per heavy atom. The van der Waals surface area contributed by atoms with Crippen LogP contribution in [0.5, 0.6) is 0 Å². The maximum absolute atomic E-state index is 12.7. The van der Waals surface area contributed by atoms with Gasteiger partial charge in [-0.05, 0) is 12.1 Å². The van der Waals surface area contributed by atoms with E-state index in [4.69, 9.17) is 0 Å². The van der Waals surface area contributed by atoms with E-state index in [9.17, 15) is 18.0 Å². The minimum Gasteiger partial charge on any atom is -0.308 e. The lowest BCUT2D eigenvalue weighted by Crippen LogP contribution is -2.42. The molecule has 1 spiro atoms. The number of nitrogens with one attached hydrogen (secondary N) is 1. The van der Waals surface area contributed by atoms with Crippen molar-refractivity contribution < 1.29 is 18.0 Å². The summed E-state index contributed by atoms with van der Waals surface area (Å²) in [7, 11) is 0. The monoisotopic (exact) mass is 295 g/mol. The fourth-order valence-corrected chi connectivity index (χ4v) is 2.46. The number of amidine groups is 1. The Morgan fingerprint density at radius 2 is 2.10 bits per heavy atom. The van der Waals surface area contributed by atoms with Crippen LogP contribution in [0, 0.1) is 0 Å². The summed E-state index contributed by atoms with van der Waals surface area (Å²) in [5.41, 5.74) is -1.41. The van der Waals surface area contributed by atoms with Crippen LogP contribution in [0.4, 0.5) is 13.2 Å². The molecule has 7 heteroatoms. The molecule has 1 amide bonds. The quantitative estimate of drug-likeness (QED) is 0.848. The Hall–Kier alpha value is -2.18. The smallest absolute Gasteiger partial charge is 0.308 e. The summed E-state index contributed by atoms with van der Waals surface area (Å²) in [6.45, 7) is 0.493. The maximum Gasteiger partial charge on any atom is 0.416 e. The van der Waals surface area contributed by atoms with Crippen molar-refractivity contribution in [3.63, 3.8) is 0 Å². The molecule has 21 heavy (non-hydrogen) atoms. The number of rotatable bonds is 1. The zero-order valence-corrected chi connectivity index (χ0v) is 10.9. The van der Waals surface area contributed by atoms with Gasteiger partial charge in [-0.1, -0.05) is 12.1 Å². The second-order valence-corrected chi connectivity index (χ2v) is 5.07. The molecule has 1 unspecified atom stereocenters. The normalized spacial score (nSPS) is 25.1. The highest BCUT2D eigenvalue weighted by Crippen LogP contribution is 2.31. The molecule has 0 saturated heterocycles. The topological polar surface area (TPSA) is 53.8 Å². The lowest BCUT2D eigenvalue weighted by Gasteiger charge is -2.23. The second-order valence-electron chi connectivity index (χ2n) is 5.07. The predicted molar refractivity (Wildman–Crippen MR) is 71.4 cm³/mol. The number of hydrogen-bond acceptors (Lipinski definition) is 3. The van der Waals surface area contributed by atoms with Crippen LogP contribution >= 0.6 is 0 Å². The van der Waals surface area contributed by atoms with Gasteiger partial charge in [0.05, 0.1) is 5.56 Å². The molecule has 0 radical (unpaired) electrons. The summed E-state index contributed by atoms with van der Waals surface area (Å²) < 4.78 is 38.2. The molecule has 2 aliphatic rings. The largest absolute Gasteiger partial charge is 0.416 e. The highest BCUT2D eigenvalue weighted by atomic mass is 19.4. The summed E-state index contributed by atoms with van der Waals surface area (Å²) in [6.07, 6.45) is -1.94. The van der Waals surface area contributed by atoms with Gasteiger partial charge in [-0.15, -0.1) is 0 Å². The van der Waals surface area contributed by atoms with Crippen molar-refractivity contribution in [3.05, 3.63) is 35.4 Å². The van der Waals surface area contributed by atoms with Crippen LogP contribution < -0.4 is 5.32 Å². The molecule has 2 heterocycles. The van der Waals surface area contributed by atoms with Gasteiger partial charge in [0.2, 0.25) is 0 Å². The van der Waals surface area contributed by atoms with Crippen LogP contribution in [-0.4, -0.2) is 30.0 Å². The van der Waals surface area contributed by atoms with E-state index in [2.05, 4.69) is 15.3 Å². The molecule has 110 valence electrons. The number of aliphatic imine (C=N–C) groups is 2. The van der Waals surface area contributed by atoms with Crippen LogP contribution in [0.3, 0.4) is 0 Å². The number of halogens is 3. The number of hydrogen-bond donors (Lipinski definition) is 1. The Balaban J connectivity index is 1.97. The average Bonchev–Trinajstić information content (AvgIpc) is 2.76. The van der Waals surface area contributed by atoms with Gasteiger partial charge in [0.25, 0.3) is 5.91 Å². The summed E-state index contributed by atoms with van der Waals surface area (Å²) in [6, 6.07) is 4.80. The highest BCUT2D eigenvalue weighted by molar-refractivity contribution is 6.16. The molecule has 1 N–H and O–H groups in total. The molecule has 1 atom stereocenters. The van der Waals surface area contributed by atoms with Gasteiger partial charge in [-0.25, -0.2) is 0 Å². The van der Waals surface area contributed by atoms with Gasteiger partial charge in [-0.3, -0.25) is 14.8 Å². The van der Waals surface area contributed by atoms with E-state index >= 15 is 0 Å². The molecule has 0 aromatic heterocycles. The average molecular weight is 295 g/mol. The van der Waals surface area contributed by atoms with E-state index in [0.29, 0.717) is 19.4 Å². The van der Waals surface area contributed by atoms with E-state index in [0.717, 1.165) is 12.1 Å². The van der Waals surface area contributed by atoms with E-state index in [-0.39, 0.29) is 17.3 Å². The minimum absolute atomic E-state index is 0.196. The molecule has 3 rings (SSSR count). The lowest BCUT2D eigenvalue weighted by molar-refractivity contribution is -0.137. The lowest BCUT2D eigenvalue weighted by atomic mass is 9.90. The van der Waals surface area contributed by atoms with Gasteiger partial charge in [0.1, 0.15) is 11.4 Å². The Bertz CT molecular complexity index is 651. The molecule has 0 fully saturated rings. The zero-order valence-electron chi connectivity index (χ0n) is 10.9. The third-order valence-electron chi connectivity index (χ3n) is 3.66. The second kappa shape index (κ2) is 4.68. The standard InChI is InChI=1S/C14H12F3N3O/c15-14(16,17)10-3-1-2-9(8-10)11-19-12(21)13(20-11)4-6-18-7-5-13/h1-3,6,8H,4-5,7H2,(H,19,20,21). The van der Waals surface area contributed by atoms with Crippen molar-refractivity contribution in [1.29, 1.82) is 0 Å². The van der Waals surface area contributed by atoms with Gasteiger partial charge in [0.15, 0.2) is 0 Å². The van der Waals surface area contributed by atoms with Gasteiger partial charge in [0, 0.05) is 31.2 Å². The van der Waals surface area contributed by atoms with E-state index < -0.39 is 17.3 Å². The van der Waals surface area contributed by atoms with E-state index in [1.165, 1.54) is 12.1 Å². The summed E-state index contributed by atoms with van der Waals surface area (Å²) >= 11 is 0. The number of benzene rings is 1. The Labute approximate surface area is 118 Å². The molecular weight excluding hydrogens is 283 g/mol. The van der Waals surface area contributed by atoms with Gasteiger partial charge in [-0.2, -0.15) is 13.2 Å². The molecule has 4 nitrogen and oxygen atoms in total. The van der Waals surface area contributed by atoms with E-state index in [1.54, 1.807) is 6.21 Å². The first-order valence-corrected chi connectivity index (χ1v) is 6.48. The van der Waals surface area contributed by atoms with Gasteiger partial charge < -0.3 is 5.32 Å². The first kappa shape index (κ1) is 13.8. The third kappa shape index (κ3) is 2.43. The molecule has 1 aromatic rings. The van der Waals surface area contributed by atoms with Crippen LogP contribution in [-0.2, 0) is 11.0 Å². The van der Waals surface area contributed by atoms with Crippen molar-refractivity contribution >= 4 is 18.0 Å². The van der Waals surface area contributed by atoms with Crippen molar-refractivity contribution in [2.24, 2.45) is 9.98 Å². The Kier molecular flexibility index (Phi) is 3.07. The highest BCUT2D eigenvalue weighted by Gasteiger charge is 2.44. The summed E-state index contributed by atoms with van der Waals surface area (Å²) in [4.78, 5) is 20.5. The van der Waals surface area contributed by atoms with Crippen LogP contribution in [0.15, 0.2) is 34.3 Å². The van der Waals surface area contributed by atoms with Crippen molar-refractivity contribution in [2.45, 2.75) is 24.6 Å². The van der Waals surface area contributed by atoms with E-state index in [1.807, 2.05) is 0 Å². The van der Waals surface area contributed by atoms with Crippen LogP contribution in [0.1, 0.15) is 24.0 Å². The fraction of sp³-hybridized carbons (Fsp3) is 0.357. The van der Waals surface area contributed by atoms with Crippen LogP contribution in [0.2, 0.25) is 0 Å². The molecule has 1 aromatic carbocycles. The molecule has 0 bridgehead atoms. The van der Waals surface area contributed by atoms with Crippen molar-refractivity contribution in [3.8, 4) is 0 Å². The number of nitrogens with zero attached hydrogens (tertiary/aromatic N) is 2. The minimum atomic E-state index is -4.42. The van der Waals surface area contributed by atoms with Crippen LogP contribution in [0.25, 0.3) is 0 Å². The Morgan fingerprint density at radius 1 is 1.29 bits per heavy atom. The summed E-state index contributed by atoms with van der Waals surface area (Å²) in [5, 5.41) is 2.59.